The zero-order chi connectivity index (χ0) is 10.9. The molecule has 1 saturated carbocycles. The smallest absolute Gasteiger partial charge is 0.158 e. The maximum Gasteiger partial charge on any atom is 0.158 e. The average Bonchev–Trinajstić information content (AvgIpc) is 2.14. The standard InChI is InChI=1S/C13H20O2/c1-10(2)8-12(14)11-4-7-15-13(9-11)5-3-6-13/h8,11H,3-7,9H2,1-2H3. The maximum absolute atomic E-state index is 11.9. The number of hydrogen-bond donors (Lipinski definition) is 0. The van der Waals surface area contributed by atoms with E-state index in [1.165, 1.54) is 6.42 Å². The van der Waals surface area contributed by atoms with Crippen LogP contribution in [0.2, 0.25) is 0 Å². The third-order valence-corrected chi connectivity index (χ3v) is 3.59. The summed E-state index contributed by atoms with van der Waals surface area (Å²) in [5, 5.41) is 0. The van der Waals surface area contributed by atoms with Crippen LogP contribution in [-0.4, -0.2) is 18.0 Å². The summed E-state index contributed by atoms with van der Waals surface area (Å²) in [4.78, 5) is 11.9. The van der Waals surface area contributed by atoms with Crippen LogP contribution in [0.25, 0.3) is 0 Å². The highest BCUT2D eigenvalue weighted by molar-refractivity contribution is 5.92. The van der Waals surface area contributed by atoms with Gasteiger partial charge in [0.25, 0.3) is 0 Å². The Morgan fingerprint density at radius 3 is 2.67 bits per heavy atom. The second-order valence-electron chi connectivity index (χ2n) is 5.20. The van der Waals surface area contributed by atoms with Crippen molar-refractivity contribution in [3.63, 3.8) is 0 Å². The van der Waals surface area contributed by atoms with Crippen molar-refractivity contribution in [2.45, 2.75) is 51.6 Å². The molecule has 0 bridgehead atoms. The number of ketones is 1. The van der Waals surface area contributed by atoms with Gasteiger partial charge in [0.05, 0.1) is 5.60 Å². The van der Waals surface area contributed by atoms with Gasteiger partial charge in [0.15, 0.2) is 5.78 Å². The minimum absolute atomic E-state index is 0.0913. The highest BCUT2D eigenvalue weighted by atomic mass is 16.5. The van der Waals surface area contributed by atoms with E-state index in [9.17, 15) is 4.79 Å². The van der Waals surface area contributed by atoms with Gasteiger partial charge in [-0.2, -0.15) is 0 Å². The normalized spacial score (nSPS) is 28.3. The largest absolute Gasteiger partial charge is 0.375 e. The Kier molecular flexibility index (Phi) is 2.96. The van der Waals surface area contributed by atoms with Crippen molar-refractivity contribution in [3.05, 3.63) is 11.6 Å². The van der Waals surface area contributed by atoms with E-state index < -0.39 is 0 Å². The molecule has 0 radical (unpaired) electrons. The fourth-order valence-electron chi connectivity index (χ4n) is 2.59. The summed E-state index contributed by atoms with van der Waals surface area (Å²) in [6.45, 7) is 4.74. The molecule has 0 aromatic rings. The summed E-state index contributed by atoms with van der Waals surface area (Å²) in [7, 11) is 0. The quantitative estimate of drug-likeness (QED) is 0.652. The molecule has 2 fully saturated rings. The molecule has 0 aromatic heterocycles. The predicted molar refractivity (Wildman–Crippen MR) is 59.7 cm³/mol. The topological polar surface area (TPSA) is 26.3 Å². The van der Waals surface area contributed by atoms with Crippen molar-refractivity contribution in [2.24, 2.45) is 5.92 Å². The Balaban J connectivity index is 1.98. The van der Waals surface area contributed by atoms with Crippen LogP contribution >= 0.6 is 0 Å². The third-order valence-electron chi connectivity index (χ3n) is 3.59. The fraction of sp³-hybridized carbons (Fsp3) is 0.769. The Hall–Kier alpha value is -0.630. The molecule has 1 saturated heterocycles. The number of carbonyl (C=O) groups excluding carboxylic acids is 1. The summed E-state index contributed by atoms with van der Waals surface area (Å²) in [5.41, 5.74) is 1.20. The fourth-order valence-corrected chi connectivity index (χ4v) is 2.59. The van der Waals surface area contributed by atoms with Gasteiger partial charge in [-0.3, -0.25) is 4.79 Å². The molecule has 1 aliphatic heterocycles. The molecule has 1 heterocycles. The van der Waals surface area contributed by atoms with E-state index in [0.29, 0.717) is 5.78 Å². The Labute approximate surface area is 91.7 Å². The highest BCUT2D eigenvalue weighted by Gasteiger charge is 2.43. The van der Waals surface area contributed by atoms with E-state index in [0.717, 1.165) is 37.9 Å². The van der Waals surface area contributed by atoms with Crippen LogP contribution in [0.1, 0.15) is 46.0 Å². The molecule has 0 amide bonds. The van der Waals surface area contributed by atoms with Crippen LogP contribution in [0.3, 0.4) is 0 Å². The number of rotatable bonds is 2. The van der Waals surface area contributed by atoms with Gasteiger partial charge in [-0.15, -0.1) is 0 Å². The van der Waals surface area contributed by atoms with Crippen LogP contribution in [0.15, 0.2) is 11.6 Å². The van der Waals surface area contributed by atoms with Crippen LogP contribution in [0, 0.1) is 5.92 Å². The number of hydrogen-bond acceptors (Lipinski definition) is 2. The molecular weight excluding hydrogens is 188 g/mol. The molecule has 2 rings (SSSR count). The van der Waals surface area contributed by atoms with E-state index in [4.69, 9.17) is 4.74 Å². The highest BCUT2D eigenvalue weighted by Crippen LogP contribution is 2.44. The van der Waals surface area contributed by atoms with Gasteiger partial charge in [-0.1, -0.05) is 5.57 Å². The minimum atomic E-state index is 0.0913. The molecule has 1 atom stereocenters. The van der Waals surface area contributed by atoms with Gasteiger partial charge in [0.1, 0.15) is 0 Å². The number of allylic oxidation sites excluding steroid dienone is 2. The molecule has 2 heteroatoms. The zero-order valence-electron chi connectivity index (χ0n) is 9.71. The summed E-state index contributed by atoms with van der Waals surface area (Å²) in [5.74, 6) is 0.526. The first-order chi connectivity index (χ1) is 7.11. The Morgan fingerprint density at radius 2 is 2.13 bits per heavy atom. The third kappa shape index (κ3) is 2.31. The van der Waals surface area contributed by atoms with Crippen LogP contribution in [0.5, 0.6) is 0 Å². The van der Waals surface area contributed by atoms with Crippen LogP contribution in [-0.2, 0) is 9.53 Å². The Bertz CT molecular complexity index is 283. The van der Waals surface area contributed by atoms with Crippen molar-refractivity contribution < 1.29 is 9.53 Å². The number of ether oxygens (including phenoxy) is 1. The average molecular weight is 208 g/mol. The van der Waals surface area contributed by atoms with Crippen molar-refractivity contribution in [2.75, 3.05) is 6.61 Å². The molecule has 2 aliphatic rings. The predicted octanol–water partition coefficient (Wildman–Crippen LogP) is 2.87. The van der Waals surface area contributed by atoms with E-state index in [1.807, 2.05) is 13.8 Å². The van der Waals surface area contributed by atoms with Crippen LogP contribution in [0.4, 0.5) is 0 Å². The van der Waals surface area contributed by atoms with Gasteiger partial charge in [0, 0.05) is 12.5 Å². The van der Waals surface area contributed by atoms with E-state index in [2.05, 4.69) is 0 Å². The first kappa shape index (κ1) is 10.9. The lowest BCUT2D eigenvalue weighted by Crippen LogP contribution is -2.46. The van der Waals surface area contributed by atoms with Crippen LogP contribution < -0.4 is 0 Å². The summed E-state index contributed by atoms with van der Waals surface area (Å²) < 4.78 is 5.81. The lowest BCUT2D eigenvalue weighted by molar-refractivity contribution is -0.153. The van der Waals surface area contributed by atoms with Crippen molar-refractivity contribution >= 4 is 5.78 Å². The first-order valence-electron chi connectivity index (χ1n) is 5.94. The molecule has 15 heavy (non-hydrogen) atoms. The maximum atomic E-state index is 11.9. The van der Waals surface area contributed by atoms with Gasteiger partial charge < -0.3 is 4.74 Å². The number of carbonyl (C=O) groups is 1. The Morgan fingerprint density at radius 1 is 1.40 bits per heavy atom. The summed E-state index contributed by atoms with van der Waals surface area (Å²) in [6.07, 6.45) is 7.24. The van der Waals surface area contributed by atoms with Gasteiger partial charge in [-0.25, -0.2) is 0 Å². The molecule has 0 N–H and O–H groups in total. The molecule has 1 aliphatic carbocycles. The van der Waals surface area contributed by atoms with Crippen molar-refractivity contribution in [3.8, 4) is 0 Å². The lowest BCUT2D eigenvalue weighted by atomic mass is 9.71. The summed E-state index contributed by atoms with van der Waals surface area (Å²) in [6, 6.07) is 0. The zero-order valence-corrected chi connectivity index (χ0v) is 9.71. The van der Waals surface area contributed by atoms with E-state index >= 15 is 0 Å². The molecule has 1 unspecified atom stereocenters. The van der Waals surface area contributed by atoms with Gasteiger partial charge in [-0.05, 0) is 52.0 Å². The molecular formula is C13H20O2. The van der Waals surface area contributed by atoms with Gasteiger partial charge >= 0.3 is 0 Å². The lowest BCUT2D eigenvalue weighted by Gasteiger charge is -2.46. The second-order valence-corrected chi connectivity index (χ2v) is 5.20. The monoisotopic (exact) mass is 208 g/mol. The van der Waals surface area contributed by atoms with Crippen molar-refractivity contribution in [1.29, 1.82) is 0 Å². The van der Waals surface area contributed by atoms with E-state index in [-0.39, 0.29) is 11.5 Å². The molecule has 84 valence electrons. The first-order valence-corrected chi connectivity index (χ1v) is 5.94. The molecule has 0 aromatic carbocycles. The SMILES string of the molecule is CC(C)=CC(=O)C1CCOC2(CCC2)C1. The van der Waals surface area contributed by atoms with E-state index in [1.54, 1.807) is 6.08 Å². The second kappa shape index (κ2) is 4.09. The molecule has 2 nitrogen and oxygen atoms in total. The molecule has 1 spiro atoms. The van der Waals surface area contributed by atoms with Gasteiger partial charge in [0.2, 0.25) is 0 Å². The minimum Gasteiger partial charge on any atom is -0.375 e. The summed E-state index contributed by atoms with van der Waals surface area (Å²) >= 11 is 0. The van der Waals surface area contributed by atoms with Crippen molar-refractivity contribution in [1.82, 2.24) is 0 Å².